The molecule has 1 heterocycles. The third-order valence-electron chi connectivity index (χ3n) is 3.80. The highest BCUT2D eigenvalue weighted by molar-refractivity contribution is 7.91. The molecule has 1 aliphatic rings. The molecule has 0 aromatic heterocycles. The number of anilines is 1. The van der Waals surface area contributed by atoms with Gasteiger partial charge in [0.15, 0.2) is 9.84 Å². The molecule has 2 atom stereocenters. The summed E-state index contributed by atoms with van der Waals surface area (Å²) in [4.78, 5) is 12.2. The molecule has 1 amide bonds. The second-order valence-corrected chi connectivity index (χ2v) is 7.68. The van der Waals surface area contributed by atoms with Gasteiger partial charge in [-0.05, 0) is 31.5 Å². The minimum Gasteiger partial charge on any atom is -0.326 e. The molecule has 116 valence electrons. The molecule has 2 unspecified atom stereocenters. The molecule has 2 N–H and O–H groups in total. The third kappa shape index (κ3) is 4.04. The number of carbonyl (C=O) groups is 1. The molecule has 1 aliphatic heterocycles. The summed E-state index contributed by atoms with van der Waals surface area (Å²) in [6.45, 7) is 4.90. The van der Waals surface area contributed by atoms with Crippen molar-refractivity contribution >= 4 is 21.4 Å². The molecule has 0 radical (unpaired) electrons. The number of nitrogens with one attached hydrogen (secondary N) is 2. The monoisotopic (exact) mass is 310 g/mol. The molecular weight excluding hydrogens is 288 g/mol. The molecule has 1 saturated heterocycles. The van der Waals surface area contributed by atoms with Gasteiger partial charge in [0.2, 0.25) is 5.91 Å². The SMILES string of the molecule is CCNC(C)c1ccccc1NC(=O)C1CCS(=O)(=O)C1. The predicted octanol–water partition coefficient (Wildman–Crippen LogP) is 1.73. The molecule has 5 nitrogen and oxygen atoms in total. The minimum absolute atomic E-state index is 0.0379. The van der Waals surface area contributed by atoms with E-state index in [0.29, 0.717) is 6.42 Å². The Balaban J connectivity index is 2.11. The normalized spacial score (nSPS) is 21.9. The average Bonchev–Trinajstić information content (AvgIpc) is 2.80. The number of benzene rings is 1. The fourth-order valence-corrected chi connectivity index (χ4v) is 4.38. The molecule has 21 heavy (non-hydrogen) atoms. The fraction of sp³-hybridized carbons (Fsp3) is 0.533. The van der Waals surface area contributed by atoms with E-state index in [0.717, 1.165) is 17.8 Å². The number of rotatable bonds is 5. The Morgan fingerprint density at radius 3 is 2.71 bits per heavy atom. The van der Waals surface area contributed by atoms with E-state index in [1.807, 2.05) is 38.1 Å². The third-order valence-corrected chi connectivity index (χ3v) is 5.57. The summed E-state index contributed by atoms with van der Waals surface area (Å²) in [5, 5.41) is 6.20. The maximum absolute atomic E-state index is 12.2. The number of hydrogen-bond acceptors (Lipinski definition) is 4. The molecule has 0 spiro atoms. The summed E-state index contributed by atoms with van der Waals surface area (Å²) in [6.07, 6.45) is 0.416. The van der Waals surface area contributed by atoms with Crippen LogP contribution in [0.25, 0.3) is 0 Å². The molecule has 1 fully saturated rings. The Kier molecular flexibility index (Phi) is 5.00. The minimum atomic E-state index is -3.04. The van der Waals surface area contributed by atoms with Crippen LogP contribution >= 0.6 is 0 Å². The van der Waals surface area contributed by atoms with Crippen molar-refractivity contribution in [3.63, 3.8) is 0 Å². The van der Waals surface area contributed by atoms with E-state index >= 15 is 0 Å². The first kappa shape index (κ1) is 16.0. The first-order chi connectivity index (χ1) is 9.93. The van der Waals surface area contributed by atoms with Gasteiger partial charge in [-0.3, -0.25) is 4.79 Å². The predicted molar refractivity (Wildman–Crippen MR) is 83.9 cm³/mol. The van der Waals surface area contributed by atoms with Crippen molar-refractivity contribution in [1.82, 2.24) is 5.32 Å². The molecule has 0 aliphatic carbocycles. The van der Waals surface area contributed by atoms with Crippen LogP contribution in [0.1, 0.15) is 31.9 Å². The average molecular weight is 310 g/mol. The van der Waals surface area contributed by atoms with E-state index in [9.17, 15) is 13.2 Å². The molecule has 1 aromatic carbocycles. The van der Waals surface area contributed by atoms with Gasteiger partial charge in [0.1, 0.15) is 0 Å². The van der Waals surface area contributed by atoms with Gasteiger partial charge in [-0.1, -0.05) is 25.1 Å². The van der Waals surface area contributed by atoms with Crippen molar-refractivity contribution in [3.05, 3.63) is 29.8 Å². The molecule has 1 aromatic rings. The summed E-state index contributed by atoms with van der Waals surface area (Å²) in [7, 11) is -3.04. The molecule has 0 saturated carbocycles. The van der Waals surface area contributed by atoms with Gasteiger partial charge in [0.25, 0.3) is 0 Å². The van der Waals surface area contributed by atoms with Crippen molar-refractivity contribution in [1.29, 1.82) is 0 Å². The van der Waals surface area contributed by atoms with E-state index in [-0.39, 0.29) is 23.5 Å². The van der Waals surface area contributed by atoms with E-state index in [1.54, 1.807) is 0 Å². The van der Waals surface area contributed by atoms with Crippen LogP contribution in [0.3, 0.4) is 0 Å². The first-order valence-electron chi connectivity index (χ1n) is 7.26. The van der Waals surface area contributed by atoms with Gasteiger partial charge in [-0.2, -0.15) is 0 Å². The van der Waals surface area contributed by atoms with Crippen LogP contribution in [-0.2, 0) is 14.6 Å². The number of sulfone groups is 1. The lowest BCUT2D eigenvalue weighted by molar-refractivity contribution is -0.119. The van der Waals surface area contributed by atoms with Gasteiger partial charge >= 0.3 is 0 Å². The van der Waals surface area contributed by atoms with Gasteiger partial charge in [0.05, 0.1) is 17.4 Å². The van der Waals surface area contributed by atoms with Crippen LogP contribution < -0.4 is 10.6 Å². The van der Waals surface area contributed by atoms with Crippen LogP contribution in [0.5, 0.6) is 0 Å². The maximum Gasteiger partial charge on any atom is 0.228 e. The zero-order valence-corrected chi connectivity index (χ0v) is 13.2. The number of para-hydroxylation sites is 1. The van der Waals surface area contributed by atoms with Crippen molar-refractivity contribution in [2.45, 2.75) is 26.3 Å². The van der Waals surface area contributed by atoms with E-state index < -0.39 is 15.8 Å². The maximum atomic E-state index is 12.2. The first-order valence-corrected chi connectivity index (χ1v) is 9.08. The lowest BCUT2D eigenvalue weighted by atomic mass is 10.0. The van der Waals surface area contributed by atoms with Crippen LogP contribution in [-0.4, -0.2) is 32.4 Å². The van der Waals surface area contributed by atoms with Gasteiger partial charge in [0, 0.05) is 11.7 Å². The summed E-state index contributed by atoms with van der Waals surface area (Å²) in [5.74, 6) is -0.561. The second kappa shape index (κ2) is 6.58. The molecule has 0 bridgehead atoms. The van der Waals surface area contributed by atoms with Crippen molar-refractivity contribution in [3.8, 4) is 0 Å². The summed E-state index contributed by atoms with van der Waals surface area (Å²) in [6, 6.07) is 7.74. The second-order valence-electron chi connectivity index (χ2n) is 5.46. The molecule has 6 heteroatoms. The number of hydrogen-bond donors (Lipinski definition) is 2. The molecular formula is C15H22N2O3S. The van der Waals surface area contributed by atoms with Crippen LogP contribution in [0.15, 0.2) is 24.3 Å². The quantitative estimate of drug-likeness (QED) is 0.868. The summed E-state index contributed by atoms with van der Waals surface area (Å²) in [5.41, 5.74) is 1.76. The van der Waals surface area contributed by atoms with E-state index in [2.05, 4.69) is 10.6 Å². The highest BCUT2D eigenvalue weighted by atomic mass is 32.2. The highest BCUT2D eigenvalue weighted by Gasteiger charge is 2.33. The lowest BCUT2D eigenvalue weighted by Gasteiger charge is -2.18. The molecule has 2 rings (SSSR count). The standard InChI is InChI=1S/C15H22N2O3S/c1-3-16-11(2)13-6-4-5-7-14(13)17-15(18)12-8-9-21(19,20)10-12/h4-7,11-12,16H,3,8-10H2,1-2H3,(H,17,18). The highest BCUT2D eigenvalue weighted by Crippen LogP contribution is 2.25. The van der Waals surface area contributed by atoms with Crippen molar-refractivity contribution < 1.29 is 13.2 Å². The topological polar surface area (TPSA) is 75.3 Å². The number of amides is 1. The summed E-state index contributed by atoms with van der Waals surface area (Å²) >= 11 is 0. The van der Waals surface area contributed by atoms with Gasteiger partial charge in [-0.15, -0.1) is 0 Å². The van der Waals surface area contributed by atoms with Crippen LogP contribution in [0, 0.1) is 5.92 Å². The summed E-state index contributed by atoms with van der Waals surface area (Å²) < 4.78 is 22.9. The fourth-order valence-electron chi connectivity index (χ4n) is 2.64. The van der Waals surface area contributed by atoms with Crippen LogP contribution in [0.4, 0.5) is 5.69 Å². The largest absolute Gasteiger partial charge is 0.326 e. The zero-order valence-electron chi connectivity index (χ0n) is 12.4. The Labute approximate surface area is 126 Å². The zero-order chi connectivity index (χ0) is 15.5. The van der Waals surface area contributed by atoms with E-state index in [4.69, 9.17) is 0 Å². The van der Waals surface area contributed by atoms with E-state index in [1.165, 1.54) is 0 Å². The number of carbonyl (C=O) groups excluding carboxylic acids is 1. The van der Waals surface area contributed by atoms with Crippen LogP contribution in [0.2, 0.25) is 0 Å². The smallest absolute Gasteiger partial charge is 0.228 e. The Morgan fingerprint density at radius 2 is 2.10 bits per heavy atom. The van der Waals surface area contributed by atoms with Crippen molar-refractivity contribution in [2.75, 3.05) is 23.4 Å². The lowest BCUT2D eigenvalue weighted by Crippen LogP contribution is -2.25. The Bertz CT molecular complexity index is 613. The Hall–Kier alpha value is -1.40. The van der Waals surface area contributed by atoms with Gasteiger partial charge in [-0.25, -0.2) is 8.42 Å². The van der Waals surface area contributed by atoms with Crippen molar-refractivity contribution in [2.24, 2.45) is 5.92 Å². The Morgan fingerprint density at radius 1 is 1.38 bits per heavy atom. The van der Waals surface area contributed by atoms with Gasteiger partial charge < -0.3 is 10.6 Å².